The van der Waals surface area contributed by atoms with Crippen molar-refractivity contribution in [3.8, 4) is 0 Å². The van der Waals surface area contributed by atoms with Crippen LogP contribution >= 0.6 is 0 Å². The van der Waals surface area contributed by atoms with Crippen LogP contribution < -0.4 is 5.32 Å². The Labute approximate surface area is 127 Å². The molecule has 0 aromatic carbocycles. The van der Waals surface area contributed by atoms with Gasteiger partial charge in [0, 0.05) is 36.5 Å². The van der Waals surface area contributed by atoms with Gasteiger partial charge in [0.25, 0.3) is 0 Å². The van der Waals surface area contributed by atoms with Gasteiger partial charge in [0.1, 0.15) is 11.5 Å². The van der Waals surface area contributed by atoms with Gasteiger partial charge in [0.2, 0.25) is 0 Å². The quantitative estimate of drug-likeness (QED) is 0.843. The molecule has 0 fully saturated rings. The van der Waals surface area contributed by atoms with Crippen molar-refractivity contribution in [2.24, 2.45) is 0 Å². The predicted octanol–water partition coefficient (Wildman–Crippen LogP) is 3.80. The van der Waals surface area contributed by atoms with E-state index < -0.39 is 0 Å². The van der Waals surface area contributed by atoms with E-state index >= 15 is 0 Å². The number of unbranched alkanes of at least 4 members (excludes halogenated alkanes) is 1. The molecule has 4 nitrogen and oxygen atoms in total. The summed E-state index contributed by atoms with van der Waals surface area (Å²) < 4.78 is 7.70. The molecule has 2 heterocycles. The van der Waals surface area contributed by atoms with Crippen LogP contribution in [0.15, 0.2) is 10.5 Å². The maximum Gasteiger partial charge on any atom is 0.105 e. The molecule has 0 saturated carbocycles. The van der Waals surface area contributed by atoms with Gasteiger partial charge >= 0.3 is 0 Å². The van der Waals surface area contributed by atoms with Crippen molar-refractivity contribution in [3.63, 3.8) is 0 Å². The Bertz CT molecular complexity index is 595. The van der Waals surface area contributed by atoms with E-state index in [-0.39, 0.29) is 0 Å². The molecule has 2 aromatic rings. The predicted molar refractivity (Wildman–Crippen MR) is 85.3 cm³/mol. The fraction of sp³-hybridized carbons (Fsp3) is 0.588. The van der Waals surface area contributed by atoms with E-state index in [1.807, 2.05) is 13.8 Å². The molecule has 2 aromatic heterocycles. The van der Waals surface area contributed by atoms with E-state index in [1.54, 1.807) is 0 Å². The molecule has 21 heavy (non-hydrogen) atoms. The number of aryl methyl sites for hydroxylation is 4. The Balaban J connectivity index is 1.97. The molecule has 116 valence electrons. The topological polar surface area (TPSA) is 43.0 Å². The molecule has 0 bridgehead atoms. The average molecular weight is 289 g/mol. The molecule has 0 aliphatic heterocycles. The van der Waals surface area contributed by atoms with Crippen LogP contribution in [-0.2, 0) is 19.6 Å². The van der Waals surface area contributed by atoms with Crippen LogP contribution in [0, 0.1) is 27.7 Å². The summed E-state index contributed by atoms with van der Waals surface area (Å²) in [5.74, 6) is 1.98. The first kappa shape index (κ1) is 15.8. The Morgan fingerprint density at radius 1 is 1.19 bits per heavy atom. The summed E-state index contributed by atoms with van der Waals surface area (Å²) in [6, 6.07) is 2.10. The molecule has 1 N–H and O–H groups in total. The second-order valence-electron chi connectivity index (χ2n) is 5.77. The minimum atomic E-state index is 0.836. The Kier molecular flexibility index (Phi) is 5.23. The lowest BCUT2D eigenvalue weighted by Gasteiger charge is -2.06. The maximum absolute atomic E-state index is 5.56. The smallest absolute Gasteiger partial charge is 0.105 e. The van der Waals surface area contributed by atoms with Gasteiger partial charge in [0.15, 0.2) is 0 Å². The minimum absolute atomic E-state index is 0.836. The molecule has 0 spiro atoms. The van der Waals surface area contributed by atoms with Crippen LogP contribution in [0.1, 0.15) is 53.8 Å². The van der Waals surface area contributed by atoms with Crippen LogP contribution in [0.2, 0.25) is 0 Å². The van der Waals surface area contributed by atoms with Crippen molar-refractivity contribution in [1.82, 2.24) is 15.1 Å². The molecular weight excluding hydrogens is 262 g/mol. The second kappa shape index (κ2) is 6.94. The van der Waals surface area contributed by atoms with Gasteiger partial charge in [-0.15, -0.1) is 0 Å². The summed E-state index contributed by atoms with van der Waals surface area (Å²) in [7, 11) is 0. The van der Waals surface area contributed by atoms with Crippen LogP contribution in [-0.4, -0.2) is 9.78 Å². The van der Waals surface area contributed by atoms with Crippen molar-refractivity contribution in [1.29, 1.82) is 0 Å². The lowest BCUT2D eigenvalue weighted by molar-refractivity contribution is 0.499. The first-order chi connectivity index (χ1) is 10.0. The summed E-state index contributed by atoms with van der Waals surface area (Å²) in [5.41, 5.74) is 4.98. The fourth-order valence-electron chi connectivity index (χ4n) is 2.70. The molecule has 0 saturated heterocycles. The van der Waals surface area contributed by atoms with Crippen molar-refractivity contribution in [2.45, 2.75) is 67.1 Å². The third-order valence-electron chi connectivity index (χ3n) is 4.02. The van der Waals surface area contributed by atoms with Crippen molar-refractivity contribution >= 4 is 0 Å². The number of aromatic nitrogens is 2. The molecule has 0 amide bonds. The van der Waals surface area contributed by atoms with E-state index in [1.165, 1.54) is 29.7 Å². The third kappa shape index (κ3) is 3.76. The molecule has 0 atom stereocenters. The van der Waals surface area contributed by atoms with E-state index in [4.69, 9.17) is 4.42 Å². The molecule has 0 aliphatic rings. The Morgan fingerprint density at radius 2 is 1.95 bits per heavy atom. The van der Waals surface area contributed by atoms with E-state index in [0.717, 1.165) is 36.8 Å². The summed E-state index contributed by atoms with van der Waals surface area (Å²) >= 11 is 0. The van der Waals surface area contributed by atoms with Gasteiger partial charge in [-0.05, 0) is 40.2 Å². The maximum atomic E-state index is 5.56. The highest BCUT2D eigenvalue weighted by molar-refractivity contribution is 5.25. The second-order valence-corrected chi connectivity index (χ2v) is 5.77. The molecule has 0 aliphatic carbocycles. The summed E-state index contributed by atoms with van der Waals surface area (Å²) in [6.45, 7) is 13.2. The number of hydrogen-bond donors (Lipinski definition) is 1. The van der Waals surface area contributed by atoms with Gasteiger partial charge in [-0.1, -0.05) is 13.3 Å². The third-order valence-corrected chi connectivity index (χ3v) is 4.02. The Morgan fingerprint density at radius 3 is 2.57 bits per heavy atom. The summed E-state index contributed by atoms with van der Waals surface area (Å²) in [6.07, 6.45) is 2.38. The molecule has 0 radical (unpaired) electrons. The summed E-state index contributed by atoms with van der Waals surface area (Å²) in [5, 5.41) is 8.16. The average Bonchev–Trinajstić information content (AvgIpc) is 2.89. The monoisotopic (exact) mass is 289 g/mol. The molecule has 4 heteroatoms. The molecule has 2 rings (SSSR count). The van der Waals surface area contributed by atoms with E-state index in [9.17, 15) is 0 Å². The number of furan rings is 1. The number of nitrogens with zero attached hydrogens (tertiary/aromatic N) is 2. The lowest BCUT2D eigenvalue weighted by atomic mass is 10.2. The number of hydrogen-bond acceptors (Lipinski definition) is 3. The van der Waals surface area contributed by atoms with Gasteiger partial charge in [0.05, 0.1) is 5.69 Å². The lowest BCUT2D eigenvalue weighted by Crippen LogP contribution is -2.14. The van der Waals surface area contributed by atoms with E-state index in [0.29, 0.717) is 0 Å². The zero-order valence-corrected chi connectivity index (χ0v) is 13.9. The summed E-state index contributed by atoms with van der Waals surface area (Å²) in [4.78, 5) is 0. The highest BCUT2D eigenvalue weighted by atomic mass is 16.3. The van der Waals surface area contributed by atoms with Crippen LogP contribution in [0.5, 0.6) is 0 Å². The first-order valence-electron chi connectivity index (χ1n) is 7.82. The van der Waals surface area contributed by atoms with Crippen molar-refractivity contribution in [3.05, 3.63) is 40.1 Å². The highest BCUT2D eigenvalue weighted by Gasteiger charge is 2.11. The first-order valence-corrected chi connectivity index (χ1v) is 7.82. The van der Waals surface area contributed by atoms with E-state index in [2.05, 4.69) is 41.9 Å². The van der Waals surface area contributed by atoms with Crippen molar-refractivity contribution < 1.29 is 4.42 Å². The number of rotatable bonds is 7. The van der Waals surface area contributed by atoms with Gasteiger partial charge in [-0.2, -0.15) is 5.10 Å². The normalized spacial score (nSPS) is 11.3. The minimum Gasteiger partial charge on any atom is -0.466 e. The van der Waals surface area contributed by atoms with Crippen LogP contribution in [0.3, 0.4) is 0 Å². The standard InChI is InChI=1S/C17H27N3O/c1-6-7-8-20-14(4)17(13(3)19-20)11-18-10-16-9-12(2)21-15(16)5/h9,18H,6-8,10-11H2,1-5H3. The SMILES string of the molecule is CCCCn1nc(C)c(CNCc2cc(C)oc2C)c1C. The Hall–Kier alpha value is -1.55. The zero-order valence-electron chi connectivity index (χ0n) is 13.9. The van der Waals surface area contributed by atoms with Crippen molar-refractivity contribution in [2.75, 3.05) is 0 Å². The van der Waals surface area contributed by atoms with Gasteiger partial charge < -0.3 is 9.73 Å². The van der Waals surface area contributed by atoms with Gasteiger partial charge in [-0.3, -0.25) is 4.68 Å². The van der Waals surface area contributed by atoms with Crippen LogP contribution in [0.4, 0.5) is 0 Å². The number of nitrogens with one attached hydrogen (secondary N) is 1. The zero-order chi connectivity index (χ0) is 15.4. The van der Waals surface area contributed by atoms with Crippen LogP contribution in [0.25, 0.3) is 0 Å². The largest absolute Gasteiger partial charge is 0.466 e. The molecular formula is C17H27N3O. The fourth-order valence-corrected chi connectivity index (χ4v) is 2.70. The highest BCUT2D eigenvalue weighted by Crippen LogP contribution is 2.16. The van der Waals surface area contributed by atoms with Gasteiger partial charge in [-0.25, -0.2) is 0 Å². The molecule has 0 unspecified atom stereocenters.